The molecule has 0 saturated heterocycles. The highest BCUT2D eigenvalue weighted by atomic mass is 32.1. The van der Waals surface area contributed by atoms with Gasteiger partial charge in [0.1, 0.15) is 49.4 Å². The topological polar surface area (TPSA) is 152 Å². The van der Waals surface area contributed by atoms with Crippen LogP contribution in [0.15, 0.2) is 107 Å². The van der Waals surface area contributed by atoms with Crippen LogP contribution in [0, 0.1) is 34.0 Å². The number of halogens is 3. The second-order valence-corrected chi connectivity index (χ2v) is 14.8. The van der Waals surface area contributed by atoms with Gasteiger partial charge in [0, 0.05) is 54.8 Å². The first kappa shape index (κ1) is 43.1. The minimum atomic E-state index is -5.14. The van der Waals surface area contributed by atoms with Crippen molar-refractivity contribution in [3.05, 3.63) is 134 Å². The number of benzene rings is 3. The highest BCUT2D eigenvalue weighted by molar-refractivity contribution is 7.14. The quantitative estimate of drug-likeness (QED) is 0.0778. The molecule has 3 heterocycles. The highest BCUT2D eigenvalue weighted by Gasteiger charge is 2.65. The van der Waals surface area contributed by atoms with Crippen LogP contribution in [-0.2, 0) is 16.9 Å². The van der Waals surface area contributed by atoms with Crippen LogP contribution in [0.1, 0.15) is 52.1 Å². The number of allylic oxidation sites excluding steroid dienone is 2. The van der Waals surface area contributed by atoms with E-state index in [0.29, 0.717) is 59.5 Å². The third-order valence-electron chi connectivity index (χ3n) is 9.81. The minimum Gasteiger partial charge on any atom is -0.488 e. The summed E-state index contributed by atoms with van der Waals surface area (Å²) in [6.07, 6.45) is 3.93. The van der Waals surface area contributed by atoms with Crippen molar-refractivity contribution in [2.45, 2.75) is 44.1 Å². The SMILES string of the molecule is N#CC(C#N)=C1OC(c2ccccc2)(C(F)(F)F)C(/C=C/c2sc(/C=C/c3ccc(N(CCCCO)CCCCO)cc3OCc3ccccc3)c3c2OCCO3)=C1C#N. The number of thiophene rings is 1. The average Bonchev–Trinajstić information content (AvgIpc) is 3.80. The smallest absolute Gasteiger partial charge is 0.437 e. The summed E-state index contributed by atoms with van der Waals surface area (Å²) in [5.74, 6) is 0.544. The summed E-state index contributed by atoms with van der Waals surface area (Å²) in [6.45, 7) is 2.32. The van der Waals surface area contributed by atoms with Gasteiger partial charge in [-0.3, -0.25) is 0 Å². The van der Waals surface area contributed by atoms with Crippen molar-refractivity contribution in [3.8, 4) is 35.5 Å². The standard InChI is InChI=1S/C46H41F3N4O6S/c47-46(48,49)45(35-13-5-2-6-14-35)38(37(30-52)42(59-45)34(28-50)29-51)18-20-41-44-43(56-25-26-57-44)40(60-41)19-16-33-15-17-36(53(21-7-9-23-54)22-8-10-24-55)27-39(33)58-31-32-11-3-1-4-12-32/h1-6,11-20,27,54-55H,7-10,21-26,31H2/b19-16+,20-18+. The van der Waals surface area contributed by atoms with Gasteiger partial charge in [-0.15, -0.1) is 11.3 Å². The molecule has 60 heavy (non-hydrogen) atoms. The molecule has 308 valence electrons. The second-order valence-electron chi connectivity index (χ2n) is 13.7. The van der Waals surface area contributed by atoms with Gasteiger partial charge >= 0.3 is 6.18 Å². The van der Waals surface area contributed by atoms with Gasteiger partial charge in [0.05, 0.1) is 9.75 Å². The highest BCUT2D eigenvalue weighted by Crippen LogP contribution is 2.56. The molecule has 2 aliphatic rings. The van der Waals surface area contributed by atoms with Gasteiger partial charge in [0.2, 0.25) is 0 Å². The minimum absolute atomic E-state index is 0.0946. The maximum Gasteiger partial charge on any atom is 0.437 e. The van der Waals surface area contributed by atoms with Crippen molar-refractivity contribution in [1.82, 2.24) is 0 Å². The molecule has 2 N–H and O–H groups in total. The largest absolute Gasteiger partial charge is 0.488 e. The molecule has 2 aliphatic heterocycles. The van der Waals surface area contributed by atoms with Crippen molar-refractivity contribution in [1.29, 1.82) is 15.8 Å². The number of unbranched alkanes of at least 4 members (excludes halogenated alkanes) is 2. The van der Waals surface area contributed by atoms with Crippen LogP contribution in [-0.4, -0.2) is 55.9 Å². The molecule has 0 saturated carbocycles. The molecular formula is C46H41F3N4O6S. The molecule has 0 amide bonds. The first-order valence-corrected chi connectivity index (χ1v) is 20.1. The van der Waals surface area contributed by atoms with Crippen LogP contribution >= 0.6 is 11.3 Å². The predicted octanol–water partition coefficient (Wildman–Crippen LogP) is 9.24. The van der Waals surface area contributed by atoms with E-state index in [1.807, 2.05) is 60.7 Å². The number of hydrogen-bond acceptors (Lipinski definition) is 11. The number of aliphatic hydroxyl groups excluding tert-OH is 2. The number of nitrogens with zero attached hydrogens (tertiary/aromatic N) is 4. The molecule has 4 aromatic rings. The van der Waals surface area contributed by atoms with E-state index in [1.54, 1.807) is 18.2 Å². The summed E-state index contributed by atoms with van der Waals surface area (Å²) in [7, 11) is 0. The van der Waals surface area contributed by atoms with Crippen LogP contribution in [0.25, 0.3) is 18.2 Å². The van der Waals surface area contributed by atoms with Crippen LogP contribution < -0.4 is 19.1 Å². The van der Waals surface area contributed by atoms with Gasteiger partial charge in [-0.1, -0.05) is 66.7 Å². The Kier molecular flexibility index (Phi) is 14.3. The first-order chi connectivity index (χ1) is 29.2. The average molecular weight is 835 g/mol. The van der Waals surface area contributed by atoms with E-state index in [1.165, 1.54) is 47.7 Å². The van der Waals surface area contributed by atoms with Crippen LogP contribution in [0.5, 0.6) is 17.2 Å². The lowest BCUT2D eigenvalue weighted by molar-refractivity contribution is -0.249. The molecule has 10 nitrogen and oxygen atoms in total. The number of alkyl halides is 3. The first-order valence-electron chi connectivity index (χ1n) is 19.3. The molecule has 0 radical (unpaired) electrons. The zero-order valence-electron chi connectivity index (χ0n) is 32.5. The summed E-state index contributed by atoms with van der Waals surface area (Å²) < 4.78 is 70.2. The maximum atomic E-state index is 15.4. The van der Waals surface area contributed by atoms with Gasteiger partial charge < -0.3 is 34.1 Å². The van der Waals surface area contributed by atoms with E-state index >= 15 is 13.2 Å². The molecule has 0 aliphatic carbocycles. The number of nitriles is 3. The fraction of sp³-hybridized carbons (Fsp3) is 0.283. The van der Waals surface area contributed by atoms with Crippen molar-refractivity contribution >= 4 is 35.3 Å². The molecule has 6 rings (SSSR count). The number of ether oxygens (including phenoxy) is 4. The summed E-state index contributed by atoms with van der Waals surface area (Å²) >= 11 is 1.20. The van der Waals surface area contributed by atoms with E-state index < -0.39 is 34.3 Å². The van der Waals surface area contributed by atoms with Gasteiger partial charge in [0.25, 0.3) is 5.60 Å². The summed E-state index contributed by atoms with van der Waals surface area (Å²) in [6, 6.07) is 27.2. The fourth-order valence-corrected chi connectivity index (χ4v) is 7.89. The molecule has 3 aromatic carbocycles. The lowest BCUT2D eigenvalue weighted by Gasteiger charge is -2.33. The Morgan fingerprint density at radius 1 is 0.800 bits per heavy atom. The Labute approximate surface area is 350 Å². The lowest BCUT2D eigenvalue weighted by atomic mass is 9.84. The monoisotopic (exact) mass is 834 g/mol. The zero-order chi connectivity index (χ0) is 42.5. The number of rotatable bonds is 17. The number of aliphatic hydroxyl groups is 2. The van der Waals surface area contributed by atoms with E-state index in [9.17, 15) is 26.0 Å². The van der Waals surface area contributed by atoms with Crippen molar-refractivity contribution in [3.63, 3.8) is 0 Å². The molecule has 1 unspecified atom stereocenters. The van der Waals surface area contributed by atoms with E-state index in [0.717, 1.165) is 35.7 Å². The molecule has 14 heteroatoms. The van der Waals surface area contributed by atoms with Gasteiger partial charge in [-0.25, -0.2) is 0 Å². The summed E-state index contributed by atoms with van der Waals surface area (Å²) in [4.78, 5) is 3.21. The third-order valence-corrected chi connectivity index (χ3v) is 10.9. The molecule has 0 spiro atoms. The van der Waals surface area contributed by atoms with Crippen LogP contribution in [0.3, 0.4) is 0 Å². The normalized spacial score (nSPS) is 16.1. The molecule has 0 bridgehead atoms. The molecule has 1 aromatic heterocycles. The van der Waals surface area contributed by atoms with Crippen molar-refractivity contribution in [2.24, 2.45) is 0 Å². The van der Waals surface area contributed by atoms with E-state index in [2.05, 4.69) is 4.90 Å². The van der Waals surface area contributed by atoms with Gasteiger partial charge in [0.15, 0.2) is 22.8 Å². The summed E-state index contributed by atoms with van der Waals surface area (Å²) in [5.41, 5.74) is -2.89. The number of fused-ring (bicyclic) bond motifs is 1. The zero-order valence-corrected chi connectivity index (χ0v) is 33.3. The molecular weight excluding hydrogens is 794 g/mol. The van der Waals surface area contributed by atoms with E-state index in [-0.39, 0.29) is 32.0 Å². The van der Waals surface area contributed by atoms with E-state index in [4.69, 9.17) is 18.9 Å². The number of anilines is 1. The Morgan fingerprint density at radius 2 is 1.40 bits per heavy atom. The molecule has 1 atom stereocenters. The van der Waals surface area contributed by atoms with Gasteiger partial charge in [-0.2, -0.15) is 29.0 Å². The maximum absolute atomic E-state index is 15.4. The fourth-order valence-electron chi connectivity index (χ4n) is 6.89. The molecule has 0 fully saturated rings. The Balaban J connectivity index is 1.41. The summed E-state index contributed by atoms with van der Waals surface area (Å²) in [5, 5.41) is 48.3. The van der Waals surface area contributed by atoms with Crippen molar-refractivity contribution < 1.29 is 42.3 Å². The number of hydrogen-bond donors (Lipinski definition) is 2. The van der Waals surface area contributed by atoms with Crippen LogP contribution in [0.2, 0.25) is 0 Å². The third kappa shape index (κ3) is 9.35. The Hall–Kier alpha value is -6.50. The predicted molar refractivity (Wildman–Crippen MR) is 221 cm³/mol. The Morgan fingerprint density at radius 3 is 1.97 bits per heavy atom. The lowest BCUT2D eigenvalue weighted by Crippen LogP contribution is -2.43. The van der Waals surface area contributed by atoms with Gasteiger partial charge in [-0.05, 0) is 61.6 Å². The van der Waals surface area contributed by atoms with Crippen LogP contribution in [0.4, 0.5) is 18.9 Å². The van der Waals surface area contributed by atoms with Crippen molar-refractivity contribution in [2.75, 3.05) is 44.4 Å². The second kappa shape index (κ2) is 20.0. The Bertz CT molecular complexity index is 2360.